The predicted octanol–water partition coefficient (Wildman–Crippen LogP) is 3.40. The van der Waals surface area contributed by atoms with Crippen molar-refractivity contribution in [1.82, 2.24) is 10.2 Å². The number of carbonyl (C=O) groups is 2. The average Bonchev–Trinajstić information content (AvgIpc) is 3.22. The molecule has 0 saturated carbocycles. The number of halogens is 1. The van der Waals surface area contributed by atoms with Gasteiger partial charge < -0.3 is 19.2 Å². The number of nitrogens with zero attached hydrogens (tertiary/aromatic N) is 2. The van der Waals surface area contributed by atoms with Crippen molar-refractivity contribution in [2.24, 2.45) is 0 Å². The molecule has 0 spiro atoms. The standard InChI is InChI=1S/C19H16FN3O5S/c1-26-13-6-3-11(4-7-13)17-22-23-19(28-17)29-10-16(24)21-12-5-8-15(20)14(9-12)18(25)27-2/h3-9H,10H2,1-2H3,(H,21,24). The van der Waals surface area contributed by atoms with Gasteiger partial charge in [-0.25, -0.2) is 9.18 Å². The van der Waals surface area contributed by atoms with Gasteiger partial charge in [0, 0.05) is 11.3 Å². The summed E-state index contributed by atoms with van der Waals surface area (Å²) in [6, 6.07) is 10.7. The van der Waals surface area contributed by atoms with Crippen LogP contribution in [0.3, 0.4) is 0 Å². The minimum Gasteiger partial charge on any atom is -0.497 e. The molecular weight excluding hydrogens is 401 g/mol. The molecule has 0 aliphatic rings. The minimum atomic E-state index is -0.829. The number of esters is 1. The molecule has 1 aromatic heterocycles. The fourth-order valence-corrected chi connectivity index (χ4v) is 2.88. The van der Waals surface area contributed by atoms with Crippen LogP contribution in [0.25, 0.3) is 11.5 Å². The van der Waals surface area contributed by atoms with E-state index >= 15 is 0 Å². The molecular formula is C19H16FN3O5S. The molecule has 10 heteroatoms. The largest absolute Gasteiger partial charge is 0.497 e. The molecule has 0 saturated heterocycles. The van der Waals surface area contributed by atoms with E-state index in [9.17, 15) is 14.0 Å². The van der Waals surface area contributed by atoms with Gasteiger partial charge in [0.15, 0.2) is 0 Å². The lowest BCUT2D eigenvalue weighted by molar-refractivity contribution is -0.113. The highest BCUT2D eigenvalue weighted by Crippen LogP contribution is 2.25. The zero-order valence-corrected chi connectivity index (χ0v) is 16.3. The maximum atomic E-state index is 13.6. The quantitative estimate of drug-likeness (QED) is 0.461. The summed E-state index contributed by atoms with van der Waals surface area (Å²) in [6.45, 7) is 0. The van der Waals surface area contributed by atoms with Crippen LogP contribution in [0.1, 0.15) is 10.4 Å². The van der Waals surface area contributed by atoms with Crippen molar-refractivity contribution in [2.45, 2.75) is 5.22 Å². The molecule has 0 atom stereocenters. The molecule has 2 aromatic carbocycles. The van der Waals surface area contributed by atoms with E-state index in [-0.39, 0.29) is 28.1 Å². The van der Waals surface area contributed by atoms with Crippen LogP contribution >= 0.6 is 11.8 Å². The first-order valence-electron chi connectivity index (χ1n) is 8.28. The lowest BCUT2D eigenvalue weighted by Crippen LogP contribution is -2.15. The SMILES string of the molecule is COC(=O)c1cc(NC(=O)CSc2nnc(-c3ccc(OC)cc3)o2)ccc1F. The Labute approximate surface area is 169 Å². The Balaban J connectivity index is 1.58. The first-order valence-corrected chi connectivity index (χ1v) is 9.27. The maximum absolute atomic E-state index is 13.6. The van der Waals surface area contributed by atoms with Gasteiger partial charge in [-0.1, -0.05) is 11.8 Å². The average molecular weight is 417 g/mol. The minimum absolute atomic E-state index is 0.0187. The number of hydrogen-bond donors (Lipinski definition) is 1. The van der Waals surface area contributed by atoms with Gasteiger partial charge in [0.1, 0.15) is 11.6 Å². The molecule has 150 valence electrons. The van der Waals surface area contributed by atoms with E-state index in [0.29, 0.717) is 11.6 Å². The molecule has 3 aromatic rings. The highest BCUT2D eigenvalue weighted by molar-refractivity contribution is 7.99. The van der Waals surface area contributed by atoms with Gasteiger partial charge in [-0.05, 0) is 42.5 Å². The molecule has 1 heterocycles. The summed E-state index contributed by atoms with van der Waals surface area (Å²) in [7, 11) is 2.72. The number of thioether (sulfide) groups is 1. The maximum Gasteiger partial charge on any atom is 0.340 e. The van der Waals surface area contributed by atoms with Crippen LogP contribution in [0.2, 0.25) is 0 Å². The van der Waals surface area contributed by atoms with E-state index in [1.807, 2.05) is 0 Å². The van der Waals surface area contributed by atoms with Crippen molar-refractivity contribution in [3.63, 3.8) is 0 Å². The Morgan fingerprint density at radius 1 is 1.14 bits per heavy atom. The zero-order chi connectivity index (χ0) is 20.8. The summed E-state index contributed by atoms with van der Waals surface area (Å²) < 4.78 is 28.8. The lowest BCUT2D eigenvalue weighted by Gasteiger charge is -2.07. The summed E-state index contributed by atoms with van der Waals surface area (Å²) in [5, 5.41) is 10.6. The van der Waals surface area contributed by atoms with Gasteiger partial charge in [-0.3, -0.25) is 4.79 Å². The van der Waals surface area contributed by atoms with Crippen LogP contribution in [0.4, 0.5) is 10.1 Å². The molecule has 0 fully saturated rings. The van der Waals surface area contributed by atoms with Crippen molar-refractivity contribution in [1.29, 1.82) is 0 Å². The predicted molar refractivity (Wildman–Crippen MR) is 103 cm³/mol. The van der Waals surface area contributed by atoms with Gasteiger partial charge in [-0.15, -0.1) is 10.2 Å². The summed E-state index contributed by atoms with van der Waals surface area (Å²) in [5.41, 5.74) is 0.720. The van der Waals surface area contributed by atoms with Crippen molar-refractivity contribution in [3.05, 3.63) is 53.8 Å². The topological polar surface area (TPSA) is 104 Å². The lowest BCUT2D eigenvalue weighted by atomic mass is 10.2. The first-order chi connectivity index (χ1) is 14.0. The van der Waals surface area contributed by atoms with E-state index in [0.717, 1.165) is 30.5 Å². The Hall–Kier alpha value is -3.40. The van der Waals surface area contributed by atoms with E-state index in [4.69, 9.17) is 9.15 Å². The van der Waals surface area contributed by atoms with Gasteiger partial charge in [0.2, 0.25) is 11.8 Å². The normalized spacial score (nSPS) is 10.4. The monoisotopic (exact) mass is 417 g/mol. The molecule has 0 bridgehead atoms. The summed E-state index contributed by atoms with van der Waals surface area (Å²) in [5.74, 6) is -0.949. The van der Waals surface area contributed by atoms with Crippen LogP contribution in [-0.4, -0.2) is 42.0 Å². The number of hydrogen-bond acceptors (Lipinski definition) is 8. The number of amides is 1. The molecule has 1 N–H and O–H groups in total. The molecule has 0 radical (unpaired) electrons. The Morgan fingerprint density at radius 2 is 1.90 bits per heavy atom. The van der Waals surface area contributed by atoms with E-state index in [1.54, 1.807) is 31.4 Å². The summed E-state index contributed by atoms with van der Waals surface area (Å²) in [6.07, 6.45) is 0. The van der Waals surface area contributed by atoms with Gasteiger partial charge in [0.05, 0.1) is 25.5 Å². The van der Waals surface area contributed by atoms with Crippen LogP contribution in [-0.2, 0) is 9.53 Å². The van der Waals surface area contributed by atoms with Crippen molar-refractivity contribution < 1.29 is 27.9 Å². The van der Waals surface area contributed by atoms with Gasteiger partial charge in [0.25, 0.3) is 5.22 Å². The van der Waals surface area contributed by atoms with Crippen LogP contribution < -0.4 is 10.1 Å². The Morgan fingerprint density at radius 3 is 2.59 bits per heavy atom. The van der Waals surface area contributed by atoms with E-state index < -0.39 is 11.8 Å². The molecule has 0 unspecified atom stereocenters. The van der Waals surface area contributed by atoms with Crippen molar-refractivity contribution in [3.8, 4) is 17.2 Å². The molecule has 0 aliphatic heterocycles. The summed E-state index contributed by atoms with van der Waals surface area (Å²) >= 11 is 1.05. The third-order valence-electron chi connectivity index (χ3n) is 3.73. The second kappa shape index (κ2) is 9.20. The molecule has 8 nitrogen and oxygen atoms in total. The number of carbonyl (C=O) groups excluding carboxylic acids is 2. The van der Waals surface area contributed by atoms with E-state index in [2.05, 4.69) is 20.3 Å². The number of aromatic nitrogens is 2. The van der Waals surface area contributed by atoms with Crippen molar-refractivity contribution >= 4 is 29.3 Å². The molecule has 29 heavy (non-hydrogen) atoms. The zero-order valence-electron chi connectivity index (χ0n) is 15.5. The number of ether oxygens (including phenoxy) is 2. The second-order valence-electron chi connectivity index (χ2n) is 5.62. The highest BCUT2D eigenvalue weighted by atomic mass is 32.2. The number of methoxy groups -OCH3 is 2. The number of rotatable bonds is 7. The van der Waals surface area contributed by atoms with E-state index in [1.165, 1.54) is 12.1 Å². The fourth-order valence-electron chi connectivity index (χ4n) is 2.31. The fraction of sp³-hybridized carbons (Fsp3) is 0.158. The first kappa shape index (κ1) is 20.3. The van der Waals surface area contributed by atoms with Crippen molar-refractivity contribution in [2.75, 3.05) is 25.3 Å². The van der Waals surface area contributed by atoms with Crippen LogP contribution in [0, 0.1) is 5.82 Å². The number of nitrogens with one attached hydrogen (secondary N) is 1. The number of anilines is 1. The second-order valence-corrected chi connectivity index (χ2v) is 6.55. The molecule has 3 rings (SSSR count). The third kappa shape index (κ3) is 5.11. The highest BCUT2D eigenvalue weighted by Gasteiger charge is 2.15. The van der Waals surface area contributed by atoms with Crippen LogP contribution in [0.15, 0.2) is 52.1 Å². The number of benzene rings is 2. The smallest absolute Gasteiger partial charge is 0.340 e. The van der Waals surface area contributed by atoms with Crippen LogP contribution in [0.5, 0.6) is 5.75 Å². The van der Waals surface area contributed by atoms with Gasteiger partial charge in [-0.2, -0.15) is 0 Å². The Bertz CT molecular complexity index is 1020. The summed E-state index contributed by atoms with van der Waals surface area (Å²) in [4.78, 5) is 23.6. The third-order valence-corrected chi connectivity index (χ3v) is 4.54. The molecule has 1 amide bonds. The van der Waals surface area contributed by atoms with Gasteiger partial charge >= 0.3 is 5.97 Å². The molecule has 0 aliphatic carbocycles. The Kier molecular flexibility index (Phi) is 6.45.